The van der Waals surface area contributed by atoms with E-state index >= 15 is 4.39 Å². The Morgan fingerprint density at radius 2 is 1.44 bits per heavy atom. The topological polar surface area (TPSA) is 107 Å². The van der Waals surface area contributed by atoms with E-state index in [9.17, 15) is 4.39 Å². The fraction of sp³-hybridized carbons (Fsp3) is 0.368. The number of hydrogen-bond donors (Lipinski definition) is 0. The van der Waals surface area contributed by atoms with Crippen molar-refractivity contribution in [2.75, 3.05) is 70.0 Å². The molecule has 374 valence electrons. The molecule has 2 atom stereocenters. The first-order valence-electron chi connectivity index (χ1n) is 24.9. The van der Waals surface area contributed by atoms with Crippen molar-refractivity contribution in [3.05, 3.63) is 144 Å². The molecule has 0 saturated carbocycles. The van der Waals surface area contributed by atoms with Crippen molar-refractivity contribution < 1.29 is 32.2 Å². The van der Waals surface area contributed by atoms with Gasteiger partial charge in [0.15, 0.2) is 5.82 Å². The Morgan fingerprint density at radius 3 is 2.06 bits per heavy atom. The Bertz CT molecular complexity index is 2920. The van der Waals surface area contributed by atoms with Crippen LogP contribution in [0, 0.1) is 12.7 Å². The third-order valence-electron chi connectivity index (χ3n) is 14.5. The summed E-state index contributed by atoms with van der Waals surface area (Å²) >= 11 is 0. The van der Waals surface area contributed by atoms with Crippen molar-refractivity contribution in [3.63, 3.8) is 0 Å². The van der Waals surface area contributed by atoms with Crippen LogP contribution in [0.4, 0.5) is 20.4 Å². The highest BCUT2D eigenvalue weighted by Gasteiger charge is 2.51. The maximum atomic E-state index is 17.9. The van der Waals surface area contributed by atoms with Crippen LogP contribution in [0.2, 0.25) is 5.04 Å². The van der Waals surface area contributed by atoms with E-state index < -0.39 is 25.8 Å². The molecule has 6 heterocycles. The normalized spacial score (nSPS) is 17.9. The van der Waals surface area contributed by atoms with E-state index in [0.29, 0.717) is 68.5 Å². The molecule has 0 amide bonds. The Hall–Kier alpha value is -6.68. The highest BCUT2D eigenvalue weighted by atomic mass is 28.4. The van der Waals surface area contributed by atoms with E-state index in [1.54, 1.807) is 14.2 Å². The fourth-order valence-corrected chi connectivity index (χ4v) is 15.6. The molecule has 12 nitrogen and oxygen atoms in total. The molecule has 3 aromatic heterocycles. The predicted molar refractivity (Wildman–Crippen MR) is 281 cm³/mol. The smallest absolute Gasteiger partial charge is 0.319 e. The number of fused-ring (bicyclic) bond motifs is 1. The monoisotopic (exact) mass is 991 g/mol. The van der Waals surface area contributed by atoms with Gasteiger partial charge >= 0.3 is 6.01 Å². The number of benzene rings is 4. The predicted octanol–water partition coefficient (Wildman–Crippen LogP) is 9.49. The Balaban J connectivity index is 1.04. The molecule has 72 heavy (non-hydrogen) atoms. The van der Waals surface area contributed by atoms with Crippen LogP contribution in [0.5, 0.6) is 23.4 Å². The lowest BCUT2D eigenvalue weighted by atomic mass is 9.95. The summed E-state index contributed by atoms with van der Waals surface area (Å²) in [6, 6.07) is 40.8. The van der Waals surface area contributed by atoms with Crippen LogP contribution < -0.4 is 39.1 Å². The maximum Gasteiger partial charge on any atom is 0.319 e. The zero-order valence-electron chi connectivity index (χ0n) is 42.0. The lowest BCUT2D eigenvalue weighted by Gasteiger charge is -2.43. The molecule has 0 spiro atoms. The summed E-state index contributed by atoms with van der Waals surface area (Å²) in [7, 11) is 0.390. The molecule has 10 rings (SSSR count). The molecule has 0 aliphatic carbocycles. The van der Waals surface area contributed by atoms with Gasteiger partial charge < -0.3 is 33.2 Å². The number of alkyl halides is 1. The molecule has 2 saturated heterocycles. The number of aromatic nitrogens is 4. The van der Waals surface area contributed by atoms with Gasteiger partial charge in [-0.25, -0.2) is 18.7 Å². The molecule has 15 heteroatoms. The van der Waals surface area contributed by atoms with Crippen LogP contribution in [0.15, 0.2) is 121 Å². The molecule has 0 unspecified atom stereocenters. The second kappa shape index (κ2) is 20.4. The molecule has 3 aliphatic rings. The zero-order chi connectivity index (χ0) is 50.0. The van der Waals surface area contributed by atoms with Crippen molar-refractivity contribution in [1.29, 1.82) is 0 Å². The number of ether oxygens (including phenoxy) is 4. The fourth-order valence-electron chi connectivity index (χ4n) is 11.0. The van der Waals surface area contributed by atoms with Crippen molar-refractivity contribution in [1.82, 2.24) is 24.8 Å². The van der Waals surface area contributed by atoms with Crippen molar-refractivity contribution in [2.45, 2.75) is 76.8 Å². The molecular weight excluding hydrogens is 929 g/mol. The number of rotatable bonds is 17. The summed E-state index contributed by atoms with van der Waals surface area (Å²) in [4.78, 5) is 26.4. The summed E-state index contributed by atoms with van der Waals surface area (Å²) in [6.45, 7) is 12.5. The Kier molecular flexibility index (Phi) is 13.9. The van der Waals surface area contributed by atoms with Crippen molar-refractivity contribution in [3.8, 4) is 34.8 Å². The van der Waals surface area contributed by atoms with Crippen LogP contribution in [0.1, 0.15) is 56.7 Å². The number of halogens is 2. The first-order valence-corrected chi connectivity index (χ1v) is 26.8. The van der Waals surface area contributed by atoms with E-state index in [1.165, 1.54) is 10.4 Å². The molecular formula is C57H63F2N7O5Si. The van der Waals surface area contributed by atoms with Gasteiger partial charge in [0, 0.05) is 32.6 Å². The third kappa shape index (κ3) is 9.69. The maximum absolute atomic E-state index is 17.9. The van der Waals surface area contributed by atoms with Gasteiger partial charge in [-0.1, -0.05) is 106 Å². The minimum absolute atomic E-state index is 0.00329. The first kappa shape index (κ1) is 48.9. The summed E-state index contributed by atoms with van der Waals surface area (Å²) in [5.74, 6) is 2.11. The van der Waals surface area contributed by atoms with Gasteiger partial charge in [0.25, 0.3) is 8.32 Å². The summed E-state index contributed by atoms with van der Waals surface area (Å²) < 4.78 is 64.2. The van der Waals surface area contributed by atoms with Gasteiger partial charge in [-0.3, -0.25) is 4.90 Å². The van der Waals surface area contributed by atoms with E-state index in [2.05, 4.69) is 84.0 Å². The number of methoxy groups -OCH3 is 2. The average Bonchev–Trinajstić information content (AvgIpc) is 3.86. The zero-order valence-corrected chi connectivity index (χ0v) is 43.0. The first-order chi connectivity index (χ1) is 34.9. The summed E-state index contributed by atoms with van der Waals surface area (Å²) in [5, 5.41) is 2.44. The number of nitrogens with zero attached hydrogens (tertiary/aromatic N) is 7. The SMILES string of the molecule is COc1ccc(CN(Cc2ccc(OC)cc2)c2cc(C)cc(-c3nc4c5c(nc(OC[C@@]67CCCN6C[C@H](F)C7)nc5c3F)N(CCO[Si](c3ccccc3)(c3ccccc3)C(C)(C)C)CCO4)n2)cc1. The van der Waals surface area contributed by atoms with Gasteiger partial charge in [-0.05, 0) is 94.8 Å². The highest BCUT2D eigenvalue weighted by molar-refractivity contribution is 6.99. The van der Waals surface area contributed by atoms with Crippen LogP contribution in [-0.2, 0) is 17.5 Å². The van der Waals surface area contributed by atoms with E-state index in [4.69, 9.17) is 43.3 Å². The van der Waals surface area contributed by atoms with Crippen molar-refractivity contribution >= 4 is 41.2 Å². The van der Waals surface area contributed by atoms with Gasteiger partial charge in [-0.2, -0.15) is 9.97 Å². The molecule has 0 N–H and O–H groups in total. The lowest BCUT2D eigenvalue weighted by molar-refractivity contribution is 0.107. The highest BCUT2D eigenvalue weighted by Crippen LogP contribution is 2.43. The van der Waals surface area contributed by atoms with E-state index in [-0.39, 0.29) is 41.4 Å². The number of anilines is 2. The molecule has 0 bridgehead atoms. The third-order valence-corrected chi connectivity index (χ3v) is 19.6. The number of aryl methyl sites for hydroxylation is 1. The van der Waals surface area contributed by atoms with Gasteiger partial charge in [-0.15, -0.1) is 0 Å². The van der Waals surface area contributed by atoms with E-state index in [1.807, 2.05) is 79.7 Å². The van der Waals surface area contributed by atoms with Crippen LogP contribution in [0.25, 0.3) is 22.3 Å². The van der Waals surface area contributed by atoms with Gasteiger partial charge in [0.05, 0.1) is 38.6 Å². The van der Waals surface area contributed by atoms with Crippen LogP contribution in [-0.4, -0.2) is 105 Å². The summed E-state index contributed by atoms with van der Waals surface area (Å²) in [6.07, 6.45) is 1.18. The second-order valence-electron chi connectivity index (χ2n) is 20.3. The van der Waals surface area contributed by atoms with Gasteiger partial charge in [0.2, 0.25) is 5.88 Å². The second-order valence-corrected chi connectivity index (χ2v) is 24.6. The standard InChI is InChI=1S/C57H63F2N7O5Si/c1-39-32-47(60-48(33-39)65(35-40-18-22-43(67-5)23-19-40)36-41-20-24-44(68-6)25-21-41)51-50(59)52-49-53(63-55(62-52)70-38-57-26-13-27-66(57)37-42(58)34-57)64(28-30-69-54(49)61-51)29-31-71-72(56(2,3)4,45-14-9-7-10-15-45)46-16-11-8-12-17-46/h7-12,14-25,32-33,42H,13,26-31,34-38H2,1-6H3/t42-,57+/m1/s1. The van der Waals surface area contributed by atoms with Crippen LogP contribution in [0.3, 0.4) is 0 Å². The molecule has 3 aliphatic heterocycles. The average molecular weight is 992 g/mol. The number of hydrogen-bond acceptors (Lipinski definition) is 12. The quantitative estimate of drug-likeness (QED) is 0.0812. The molecule has 7 aromatic rings. The Morgan fingerprint density at radius 1 is 0.806 bits per heavy atom. The van der Waals surface area contributed by atoms with E-state index in [0.717, 1.165) is 47.6 Å². The van der Waals surface area contributed by atoms with Crippen LogP contribution >= 0.6 is 0 Å². The minimum Gasteiger partial charge on any atom is -0.497 e. The number of pyridine rings is 2. The lowest BCUT2D eigenvalue weighted by Crippen LogP contribution is -2.67. The Labute approximate surface area is 422 Å². The largest absolute Gasteiger partial charge is 0.497 e. The van der Waals surface area contributed by atoms with Gasteiger partial charge in [0.1, 0.15) is 59.1 Å². The van der Waals surface area contributed by atoms with Crippen molar-refractivity contribution in [2.24, 2.45) is 0 Å². The minimum atomic E-state index is -2.91. The molecule has 2 fully saturated rings. The summed E-state index contributed by atoms with van der Waals surface area (Å²) in [5.41, 5.74) is 2.78. The molecule has 0 radical (unpaired) electrons. The molecule has 4 aromatic carbocycles.